The number of nitrogens with one attached hydrogen (secondary N) is 1. The summed E-state index contributed by atoms with van der Waals surface area (Å²) >= 11 is 1.38. The van der Waals surface area contributed by atoms with Crippen LogP contribution >= 0.6 is 11.3 Å². The quantitative estimate of drug-likeness (QED) is 0.873. The van der Waals surface area contributed by atoms with Gasteiger partial charge in [0.25, 0.3) is 0 Å². The maximum atomic E-state index is 11.2. The lowest BCUT2D eigenvalue weighted by Crippen LogP contribution is -2.20. The van der Waals surface area contributed by atoms with E-state index in [1.165, 1.54) is 11.3 Å². The number of carboxylic acids is 1. The predicted octanol–water partition coefficient (Wildman–Crippen LogP) is 2.69. The Morgan fingerprint density at radius 3 is 2.65 bits per heavy atom. The van der Waals surface area contributed by atoms with Crippen molar-refractivity contribution in [1.29, 1.82) is 0 Å². The summed E-state index contributed by atoms with van der Waals surface area (Å²) in [5.41, 5.74) is 4.07. The highest BCUT2D eigenvalue weighted by atomic mass is 32.1. The standard InChI is InChI=1S/C12H12N2O2S/c1-8-2-4-9(5-3-8)14-11(12(15)16)10-6-17-7-13-10/h2-7,11,14H,1H3,(H,15,16). The van der Waals surface area contributed by atoms with Crippen molar-refractivity contribution in [3.05, 3.63) is 46.4 Å². The van der Waals surface area contributed by atoms with Gasteiger partial charge in [-0.05, 0) is 19.1 Å². The van der Waals surface area contributed by atoms with Crippen molar-refractivity contribution in [2.45, 2.75) is 13.0 Å². The Bertz CT molecular complexity index is 494. The van der Waals surface area contributed by atoms with Gasteiger partial charge in [-0.2, -0.15) is 0 Å². The van der Waals surface area contributed by atoms with Crippen molar-refractivity contribution in [1.82, 2.24) is 4.98 Å². The molecule has 0 amide bonds. The van der Waals surface area contributed by atoms with Crippen molar-refractivity contribution in [3.8, 4) is 0 Å². The third kappa shape index (κ3) is 2.82. The van der Waals surface area contributed by atoms with E-state index in [4.69, 9.17) is 5.11 Å². The van der Waals surface area contributed by atoms with Gasteiger partial charge in [-0.15, -0.1) is 11.3 Å². The van der Waals surface area contributed by atoms with Crippen LogP contribution in [0.4, 0.5) is 5.69 Å². The number of hydrogen-bond acceptors (Lipinski definition) is 4. The fourth-order valence-corrected chi connectivity index (χ4v) is 2.02. The third-order valence-electron chi connectivity index (χ3n) is 2.36. The van der Waals surface area contributed by atoms with E-state index in [1.54, 1.807) is 10.9 Å². The highest BCUT2D eigenvalue weighted by molar-refractivity contribution is 7.07. The summed E-state index contributed by atoms with van der Waals surface area (Å²) in [5, 5.41) is 13.9. The van der Waals surface area contributed by atoms with E-state index in [-0.39, 0.29) is 0 Å². The second-order valence-corrected chi connectivity index (χ2v) is 4.41. The highest BCUT2D eigenvalue weighted by Crippen LogP contribution is 2.20. The van der Waals surface area contributed by atoms with Crippen LogP contribution in [0, 0.1) is 6.92 Å². The summed E-state index contributed by atoms with van der Waals surface area (Å²) in [5.74, 6) is -0.934. The Hall–Kier alpha value is -1.88. The molecule has 1 heterocycles. The van der Waals surface area contributed by atoms with Gasteiger partial charge in [0.15, 0.2) is 6.04 Å². The number of aromatic nitrogens is 1. The zero-order valence-electron chi connectivity index (χ0n) is 9.25. The smallest absolute Gasteiger partial charge is 0.332 e. The first-order valence-electron chi connectivity index (χ1n) is 5.11. The molecule has 2 aromatic rings. The molecule has 0 bridgehead atoms. The van der Waals surface area contributed by atoms with E-state index in [0.29, 0.717) is 5.69 Å². The number of thiazole rings is 1. The Kier molecular flexibility index (Phi) is 3.39. The number of carboxylic acid groups (broad SMARTS) is 1. The van der Waals surface area contributed by atoms with Crippen LogP contribution < -0.4 is 5.32 Å². The van der Waals surface area contributed by atoms with Gasteiger partial charge in [0.05, 0.1) is 11.2 Å². The molecule has 1 aromatic heterocycles. The molecule has 1 aromatic carbocycles. The lowest BCUT2D eigenvalue weighted by Gasteiger charge is -2.13. The van der Waals surface area contributed by atoms with Crippen molar-refractivity contribution in [2.24, 2.45) is 0 Å². The Balaban J connectivity index is 2.19. The van der Waals surface area contributed by atoms with Gasteiger partial charge in [0, 0.05) is 11.1 Å². The minimum atomic E-state index is -0.934. The van der Waals surface area contributed by atoms with Gasteiger partial charge >= 0.3 is 5.97 Å². The lowest BCUT2D eigenvalue weighted by atomic mass is 10.2. The second kappa shape index (κ2) is 4.97. The van der Waals surface area contributed by atoms with Gasteiger partial charge in [-0.1, -0.05) is 17.7 Å². The fraction of sp³-hybridized carbons (Fsp3) is 0.167. The summed E-state index contributed by atoms with van der Waals surface area (Å²) in [7, 11) is 0. The summed E-state index contributed by atoms with van der Waals surface area (Å²) in [6.07, 6.45) is 0. The van der Waals surface area contributed by atoms with E-state index in [9.17, 15) is 4.79 Å². The van der Waals surface area contributed by atoms with Crippen LogP contribution in [0.3, 0.4) is 0 Å². The molecule has 2 rings (SSSR count). The SMILES string of the molecule is Cc1ccc(NC(C(=O)O)c2cscn2)cc1. The first-order chi connectivity index (χ1) is 8.16. The van der Waals surface area contributed by atoms with E-state index < -0.39 is 12.0 Å². The molecule has 0 radical (unpaired) electrons. The molecule has 0 saturated heterocycles. The average molecular weight is 248 g/mol. The van der Waals surface area contributed by atoms with Crippen LogP contribution in [-0.2, 0) is 4.79 Å². The highest BCUT2D eigenvalue weighted by Gasteiger charge is 2.21. The lowest BCUT2D eigenvalue weighted by molar-refractivity contribution is -0.138. The van der Waals surface area contributed by atoms with Crippen LogP contribution in [0.5, 0.6) is 0 Å². The number of aliphatic carboxylic acids is 1. The molecule has 5 heteroatoms. The van der Waals surface area contributed by atoms with E-state index in [0.717, 1.165) is 11.3 Å². The van der Waals surface area contributed by atoms with E-state index in [2.05, 4.69) is 10.3 Å². The molecule has 0 fully saturated rings. The minimum Gasteiger partial charge on any atom is -0.479 e. The Morgan fingerprint density at radius 2 is 2.12 bits per heavy atom. The van der Waals surface area contributed by atoms with Gasteiger partial charge in [-0.25, -0.2) is 9.78 Å². The molecule has 88 valence electrons. The third-order valence-corrected chi connectivity index (χ3v) is 2.96. The fourth-order valence-electron chi connectivity index (χ4n) is 1.44. The van der Waals surface area contributed by atoms with Crippen LogP contribution in [0.15, 0.2) is 35.2 Å². The number of rotatable bonds is 4. The second-order valence-electron chi connectivity index (χ2n) is 3.69. The number of hydrogen-bond donors (Lipinski definition) is 2. The maximum absolute atomic E-state index is 11.2. The average Bonchev–Trinajstić information content (AvgIpc) is 2.81. The van der Waals surface area contributed by atoms with Gasteiger partial charge in [0.2, 0.25) is 0 Å². The zero-order chi connectivity index (χ0) is 12.3. The number of nitrogens with zero attached hydrogens (tertiary/aromatic N) is 1. The molecule has 1 unspecified atom stereocenters. The molecule has 2 N–H and O–H groups in total. The molecular formula is C12H12N2O2S. The zero-order valence-corrected chi connectivity index (χ0v) is 10.1. The van der Waals surface area contributed by atoms with Crippen LogP contribution in [0.25, 0.3) is 0 Å². The molecule has 0 aliphatic carbocycles. The molecule has 0 aliphatic rings. The molecule has 17 heavy (non-hydrogen) atoms. The predicted molar refractivity (Wildman–Crippen MR) is 67.3 cm³/mol. The number of benzene rings is 1. The summed E-state index contributed by atoms with van der Waals surface area (Å²) < 4.78 is 0. The Morgan fingerprint density at radius 1 is 1.41 bits per heavy atom. The van der Waals surface area contributed by atoms with Gasteiger partial charge in [-0.3, -0.25) is 0 Å². The first-order valence-corrected chi connectivity index (χ1v) is 6.05. The normalized spacial score (nSPS) is 12.1. The van der Waals surface area contributed by atoms with Crippen LogP contribution in [0.2, 0.25) is 0 Å². The molecular weight excluding hydrogens is 236 g/mol. The molecule has 0 saturated carbocycles. The molecule has 4 nitrogen and oxygen atoms in total. The molecule has 0 aliphatic heterocycles. The number of anilines is 1. The molecule has 1 atom stereocenters. The minimum absolute atomic E-state index is 0.531. The van der Waals surface area contributed by atoms with Crippen molar-refractivity contribution in [3.63, 3.8) is 0 Å². The topological polar surface area (TPSA) is 62.2 Å². The molecule has 0 spiro atoms. The van der Waals surface area contributed by atoms with E-state index in [1.807, 2.05) is 31.2 Å². The Labute approximate surface area is 103 Å². The van der Waals surface area contributed by atoms with Crippen molar-refractivity contribution >= 4 is 23.0 Å². The monoisotopic (exact) mass is 248 g/mol. The van der Waals surface area contributed by atoms with Crippen molar-refractivity contribution < 1.29 is 9.90 Å². The number of aryl methyl sites for hydroxylation is 1. The number of carbonyl (C=O) groups is 1. The summed E-state index contributed by atoms with van der Waals surface area (Å²) in [4.78, 5) is 15.2. The van der Waals surface area contributed by atoms with Gasteiger partial charge < -0.3 is 10.4 Å². The van der Waals surface area contributed by atoms with Gasteiger partial charge in [0.1, 0.15) is 0 Å². The first kappa shape index (κ1) is 11.6. The maximum Gasteiger partial charge on any atom is 0.332 e. The summed E-state index contributed by atoms with van der Waals surface area (Å²) in [6, 6.07) is 6.78. The summed E-state index contributed by atoms with van der Waals surface area (Å²) in [6.45, 7) is 1.99. The van der Waals surface area contributed by atoms with E-state index >= 15 is 0 Å². The van der Waals surface area contributed by atoms with Crippen LogP contribution in [0.1, 0.15) is 17.3 Å². The van der Waals surface area contributed by atoms with Crippen molar-refractivity contribution in [2.75, 3.05) is 5.32 Å². The largest absolute Gasteiger partial charge is 0.479 e. The van der Waals surface area contributed by atoms with Crippen LogP contribution in [-0.4, -0.2) is 16.1 Å².